The first-order chi connectivity index (χ1) is 14.0. The number of aliphatic hydroxyl groups is 1. The zero-order valence-electron chi connectivity index (χ0n) is 17.0. The van der Waals surface area contributed by atoms with Gasteiger partial charge in [0.2, 0.25) is 0 Å². The summed E-state index contributed by atoms with van der Waals surface area (Å²) >= 11 is 0. The Hall–Kier alpha value is -2.37. The van der Waals surface area contributed by atoms with Crippen molar-refractivity contribution in [1.82, 2.24) is 4.90 Å². The van der Waals surface area contributed by atoms with Crippen LogP contribution in [0.4, 0.5) is 0 Å². The highest BCUT2D eigenvalue weighted by Gasteiger charge is 2.65. The summed E-state index contributed by atoms with van der Waals surface area (Å²) in [5, 5.41) is 12.1. The zero-order chi connectivity index (χ0) is 20.2. The summed E-state index contributed by atoms with van der Waals surface area (Å²) in [4.78, 5) is 14.9. The van der Waals surface area contributed by atoms with E-state index < -0.39 is 11.0 Å². The predicted molar refractivity (Wildman–Crippen MR) is 110 cm³/mol. The first-order valence-electron chi connectivity index (χ1n) is 10.4. The Labute approximate surface area is 171 Å². The van der Waals surface area contributed by atoms with Gasteiger partial charge in [0.25, 0.3) is 0 Å². The Morgan fingerprint density at radius 3 is 2.69 bits per heavy atom. The van der Waals surface area contributed by atoms with Gasteiger partial charge in [-0.15, -0.1) is 0 Å². The number of para-hydroxylation sites is 1. The number of rotatable bonds is 3. The van der Waals surface area contributed by atoms with Gasteiger partial charge in [0, 0.05) is 29.9 Å². The molecule has 152 valence electrons. The van der Waals surface area contributed by atoms with Gasteiger partial charge in [-0.3, -0.25) is 4.79 Å². The molecule has 5 heteroatoms. The average molecular weight is 393 g/mol. The third kappa shape index (κ3) is 2.57. The molecule has 0 spiro atoms. The highest BCUT2D eigenvalue weighted by atomic mass is 16.5. The van der Waals surface area contributed by atoms with Crippen LogP contribution in [0.1, 0.15) is 36.8 Å². The minimum atomic E-state index is -0.942. The molecule has 1 heterocycles. The summed E-state index contributed by atoms with van der Waals surface area (Å²) in [5.41, 5.74) is 0.543. The number of hydrogen-bond acceptors (Lipinski definition) is 5. The van der Waals surface area contributed by atoms with Crippen molar-refractivity contribution in [2.45, 2.75) is 49.2 Å². The van der Waals surface area contributed by atoms with Crippen molar-refractivity contribution in [2.75, 3.05) is 20.7 Å². The molecule has 3 atom stereocenters. The maximum absolute atomic E-state index is 12.7. The van der Waals surface area contributed by atoms with E-state index in [0.717, 1.165) is 36.3 Å². The average Bonchev–Trinajstić information content (AvgIpc) is 2.72. The van der Waals surface area contributed by atoms with Crippen LogP contribution in [0, 0.1) is 0 Å². The standard InChI is InChI=1S/C24H27NO4/c1-25-13-12-23-15-17(26)10-11-24(23,27)20(25)14-16-8-9-19(28-2)22(21(16)23)29-18-6-4-3-5-7-18/h3-9,20,27H,10-15H2,1-2H3/t20-,23-,24+/m0/s1. The summed E-state index contributed by atoms with van der Waals surface area (Å²) in [7, 11) is 3.72. The van der Waals surface area contributed by atoms with Gasteiger partial charge in [0.1, 0.15) is 11.5 Å². The predicted octanol–water partition coefficient (Wildman–Crippen LogP) is 3.47. The molecule has 1 N–H and O–H groups in total. The van der Waals surface area contributed by atoms with Gasteiger partial charge in [-0.1, -0.05) is 24.3 Å². The van der Waals surface area contributed by atoms with Gasteiger partial charge in [-0.25, -0.2) is 0 Å². The number of piperidine rings is 1. The summed E-state index contributed by atoms with van der Waals surface area (Å²) in [5.74, 6) is 2.22. The van der Waals surface area contributed by atoms with E-state index >= 15 is 0 Å². The fourth-order valence-corrected chi connectivity index (χ4v) is 5.96. The van der Waals surface area contributed by atoms with Gasteiger partial charge in [0.15, 0.2) is 11.5 Å². The number of hydrogen-bond donors (Lipinski definition) is 1. The molecule has 2 aromatic rings. The molecule has 2 aliphatic carbocycles. The summed E-state index contributed by atoms with van der Waals surface area (Å²) in [6, 6.07) is 13.7. The van der Waals surface area contributed by atoms with Crippen molar-refractivity contribution in [2.24, 2.45) is 0 Å². The lowest BCUT2D eigenvalue weighted by molar-refractivity contribution is -0.169. The van der Waals surface area contributed by atoms with Crippen molar-refractivity contribution >= 4 is 5.78 Å². The van der Waals surface area contributed by atoms with Crippen LogP contribution in [0.5, 0.6) is 17.2 Å². The summed E-state index contributed by atoms with van der Waals surface area (Å²) in [6.45, 7) is 0.849. The van der Waals surface area contributed by atoms with Crippen LogP contribution in [0.3, 0.4) is 0 Å². The van der Waals surface area contributed by atoms with Crippen molar-refractivity contribution in [3.05, 3.63) is 53.6 Å². The molecule has 29 heavy (non-hydrogen) atoms. The minimum absolute atomic E-state index is 0.00909. The number of carbonyl (C=O) groups is 1. The molecule has 0 radical (unpaired) electrons. The topological polar surface area (TPSA) is 59.0 Å². The fourth-order valence-electron chi connectivity index (χ4n) is 5.96. The van der Waals surface area contributed by atoms with E-state index in [1.165, 1.54) is 0 Å². The van der Waals surface area contributed by atoms with Gasteiger partial charge in [-0.05, 0) is 56.6 Å². The van der Waals surface area contributed by atoms with E-state index in [1.54, 1.807) is 7.11 Å². The van der Waals surface area contributed by atoms with E-state index in [2.05, 4.69) is 18.0 Å². The van der Waals surface area contributed by atoms with Gasteiger partial charge in [0.05, 0.1) is 12.7 Å². The first kappa shape index (κ1) is 18.6. The second kappa shape index (κ2) is 6.57. The number of fused-ring (bicyclic) bond motifs is 1. The van der Waals surface area contributed by atoms with Crippen molar-refractivity contribution in [3.8, 4) is 17.2 Å². The maximum atomic E-state index is 12.7. The number of likely N-dealkylation sites (tertiary alicyclic amines) is 1. The van der Waals surface area contributed by atoms with Crippen molar-refractivity contribution < 1.29 is 19.4 Å². The monoisotopic (exact) mass is 393 g/mol. The lowest BCUT2D eigenvalue weighted by Crippen LogP contribution is -2.72. The lowest BCUT2D eigenvalue weighted by Gasteiger charge is -2.62. The largest absolute Gasteiger partial charge is 0.493 e. The molecule has 5 rings (SSSR count). The van der Waals surface area contributed by atoms with Gasteiger partial charge < -0.3 is 19.5 Å². The SMILES string of the molecule is COc1ccc2c(c1Oc1ccccc1)[C@@]13CCN(C)[C@@H](C2)[C@]1(O)CCC(=O)C3. The number of ketones is 1. The summed E-state index contributed by atoms with van der Waals surface area (Å²) < 4.78 is 12.1. The van der Waals surface area contributed by atoms with E-state index in [-0.39, 0.29) is 11.8 Å². The molecule has 2 fully saturated rings. The van der Waals surface area contributed by atoms with Crippen LogP contribution < -0.4 is 9.47 Å². The molecule has 1 saturated heterocycles. The third-order valence-corrected chi connectivity index (χ3v) is 7.37. The highest BCUT2D eigenvalue weighted by Crippen LogP contribution is 2.60. The highest BCUT2D eigenvalue weighted by molar-refractivity contribution is 5.83. The number of ether oxygens (including phenoxy) is 2. The van der Waals surface area contributed by atoms with E-state index in [0.29, 0.717) is 30.8 Å². The molecular formula is C24H27NO4. The summed E-state index contributed by atoms with van der Waals surface area (Å²) in [6.07, 6.45) is 2.78. The molecule has 0 amide bonds. The third-order valence-electron chi connectivity index (χ3n) is 7.37. The molecule has 1 saturated carbocycles. The van der Waals surface area contributed by atoms with E-state index in [1.807, 2.05) is 36.4 Å². The molecular weight excluding hydrogens is 366 g/mol. The van der Waals surface area contributed by atoms with Gasteiger partial charge in [-0.2, -0.15) is 0 Å². The number of Topliss-reactive ketones (excluding diaryl/α,β-unsaturated/α-hetero) is 1. The molecule has 2 bridgehead atoms. The minimum Gasteiger partial charge on any atom is -0.493 e. The quantitative estimate of drug-likeness (QED) is 0.865. The molecule has 0 aromatic heterocycles. The Bertz CT molecular complexity index is 959. The van der Waals surface area contributed by atoms with E-state index in [4.69, 9.17) is 9.47 Å². The molecule has 0 unspecified atom stereocenters. The number of likely N-dealkylation sites (N-methyl/N-ethyl adjacent to an activating group) is 1. The fraction of sp³-hybridized carbons (Fsp3) is 0.458. The van der Waals surface area contributed by atoms with Crippen LogP contribution in [0.15, 0.2) is 42.5 Å². The number of benzene rings is 2. The van der Waals surface area contributed by atoms with Crippen molar-refractivity contribution in [1.29, 1.82) is 0 Å². The number of carbonyl (C=O) groups excluding carboxylic acids is 1. The number of nitrogens with zero attached hydrogens (tertiary/aromatic N) is 1. The molecule has 1 aliphatic heterocycles. The maximum Gasteiger partial charge on any atom is 0.173 e. The molecule has 2 aromatic carbocycles. The smallest absolute Gasteiger partial charge is 0.173 e. The van der Waals surface area contributed by atoms with Gasteiger partial charge >= 0.3 is 0 Å². The van der Waals surface area contributed by atoms with Crippen LogP contribution in [-0.4, -0.2) is 48.1 Å². The lowest BCUT2D eigenvalue weighted by atomic mass is 9.49. The number of methoxy groups -OCH3 is 1. The van der Waals surface area contributed by atoms with Crippen LogP contribution in [-0.2, 0) is 16.6 Å². The van der Waals surface area contributed by atoms with Crippen LogP contribution in [0.2, 0.25) is 0 Å². The first-order valence-corrected chi connectivity index (χ1v) is 10.4. The Morgan fingerprint density at radius 1 is 1.14 bits per heavy atom. The second-order valence-electron chi connectivity index (χ2n) is 8.72. The Morgan fingerprint density at radius 2 is 1.93 bits per heavy atom. The van der Waals surface area contributed by atoms with Crippen LogP contribution >= 0.6 is 0 Å². The van der Waals surface area contributed by atoms with Crippen molar-refractivity contribution in [3.63, 3.8) is 0 Å². The van der Waals surface area contributed by atoms with Crippen LogP contribution in [0.25, 0.3) is 0 Å². The Balaban J connectivity index is 1.76. The normalized spacial score (nSPS) is 31.0. The molecule has 3 aliphatic rings. The zero-order valence-corrected chi connectivity index (χ0v) is 17.0. The molecule has 5 nitrogen and oxygen atoms in total. The van der Waals surface area contributed by atoms with E-state index in [9.17, 15) is 9.90 Å². The Kier molecular flexibility index (Phi) is 4.23. The second-order valence-corrected chi connectivity index (χ2v) is 8.72.